The van der Waals surface area contributed by atoms with Crippen LogP contribution >= 0.6 is 0 Å². The molecule has 0 amide bonds. The SMILES string of the molecule is COC(=O)c1ccccc1C(=O)OCC(=O)c1cc(C)n(-c2ccccc2)c1C. The maximum absolute atomic E-state index is 12.7. The summed E-state index contributed by atoms with van der Waals surface area (Å²) < 4.78 is 11.8. The molecule has 6 heteroatoms. The van der Waals surface area contributed by atoms with E-state index in [0.29, 0.717) is 5.56 Å². The minimum absolute atomic E-state index is 0.0573. The van der Waals surface area contributed by atoms with Gasteiger partial charge in [-0.2, -0.15) is 0 Å². The van der Waals surface area contributed by atoms with Crippen molar-refractivity contribution in [1.82, 2.24) is 4.57 Å². The van der Waals surface area contributed by atoms with Crippen LogP contribution in [0.15, 0.2) is 60.7 Å². The highest BCUT2D eigenvalue weighted by Gasteiger charge is 2.21. The first-order valence-electron chi connectivity index (χ1n) is 9.06. The van der Waals surface area contributed by atoms with Gasteiger partial charge in [0.05, 0.1) is 18.2 Å². The zero-order chi connectivity index (χ0) is 21.0. The minimum Gasteiger partial charge on any atom is -0.465 e. The first kappa shape index (κ1) is 20.1. The average molecular weight is 391 g/mol. The van der Waals surface area contributed by atoms with E-state index in [4.69, 9.17) is 4.74 Å². The molecule has 0 aliphatic carbocycles. The zero-order valence-corrected chi connectivity index (χ0v) is 16.5. The monoisotopic (exact) mass is 391 g/mol. The number of ether oxygens (including phenoxy) is 2. The molecule has 0 aliphatic heterocycles. The van der Waals surface area contributed by atoms with Crippen molar-refractivity contribution in [1.29, 1.82) is 0 Å². The van der Waals surface area contributed by atoms with Crippen LogP contribution in [0.1, 0.15) is 42.5 Å². The lowest BCUT2D eigenvalue weighted by Gasteiger charge is -2.10. The van der Waals surface area contributed by atoms with Crippen molar-refractivity contribution >= 4 is 17.7 Å². The Hall–Kier alpha value is -3.67. The molecule has 1 aromatic heterocycles. The van der Waals surface area contributed by atoms with Crippen molar-refractivity contribution in [3.05, 3.63) is 88.7 Å². The number of hydrogen-bond donors (Lipinski definition) is 0. The fraction of sp³-hybridized carbons (Fsp3) is 0.174. The molecule has 29 heavy (non-hydrogen) atoms. The number of Topliss-reactive ketones (excluding diaryl/α,β-unsaturated/α-hetero) is 1. The number of rotatable bonds is 6. The van der Waals surface area contributed by atoms with Crippen molar-refractivity contribution in [2.75, 3.05) is 13.7 Å². The van der Waals surface area contributed by atoms with E-state index >= 15 is 0 Å². The second-order valence-corrected chi connectivity index (χ2v) is 6.49. The van der Waals surface area contributed by atoms with Crippen LogP contribution in [0.5, 0.6) is 0 Å². The summed E-state index contributed by atoms with van der Waals surface area (Å²) in [5, 5.41) is 0. The van der Waals surface area contributed by atoms with Crippen molar-refractivity contribution in [2.24, 2.45) is 0 Å². The van der Waals surface area contributed by atoms with E-state index in [1.165, 1.54) is 19.2 Å². The highest BCUT2D eigenvalue weighted by Crippen LogP contribution is 2.21. The zero-order valence-electron chi connectivity index (χ0n) is 16.5. The molecule has 0 spiro atoms. The van der Waals surface area contributed by atoms with Crippen LogP contribution in [0.2, 0.25) is 0 Å². The Bertz CT molecular complexity index is 1070. The predicted octanol–water partition coefficient (Wildman–Crippen LogP) is 3.92. The summed E-state index contributed by atoms with van der Waals surface area (Å²) in [6.07, 6.45) is 0. The highest BCUT2D eigenvalue weighted by molar-refractivity contribution is 6.05. The molecule has 0 saturated carbocycles. The largest absolute Gasteiger partial charge is 0.465 e. The molecule has 0 fully saturated rings. The third kappa shape index (κ3) is 4.11. The molecule has 0 bridgehead atoms. The second-order valence-electron chi connectivity index (χ2n) is 6.49. The fourth-order valence-corrected chi connectivity index (χ4v) is 3.26. The van der Waals surface area contributed by atoms with Crippen LogP contribution in [0, 0.1) is 13.8 Å². The molecule has 148 valence electrons. The molecular formula is C23H21NO5. The Balaban J connectivity index is 1.77. The van der Waals surface area contributed by atoms with E-state index < -0.39 is 18.5 Å². The maximum atomic E-state index is 12.7. The van der Waals surface area contributed by atoms with Gasteiger partial charge in [-0.05, 0) is 44.2 Å². The Morgan fingerprint density at radius 3 is 2.03 bits per heavy atom. The first-order valence-corrected chi connectivity index (χ1v) is 9.06. The molecule has 0 atom stereocenters. The number of aryl methyl sites for hydroxylation is 1. The van der Waals surface area contributed by atoms with Gasteiger partial charge >= 0.3 is 11.9 Å². The number of ketones is 1. The third-order valence-corrected chi connectivity index (χ3v) is 4.63. The van der Waals surface area contributed by atoms with Gasteiger partial charge in [-0.1, -0.05) is 30.3 Å². The summed E-state index contributed by atoms with van der Waals surface area (Å²) in [5.41, 5.74) is 3.26. The molecule has 3 rings (SSSR count). The molecule has 6 nitrogen and oxygen atoms in total. The van der Waals surface area contributed by atoms with Crippen LogP contribution in [0.25, 0.3) is 5.69 Å². The lowest BCUT2D eigenvalue weighted by atomic mass is 10.1. The normalized spacial score (nSPS) is 10.4. The number of methoxy groups -OCH3 is 1. The van der Waals surface area contributed by atoms with Gasteiger partial charge in [0.25, 0.3) is 0 Å². The van der Waals surface area contributed by atoms with Crippen LogP contribution in [0.4, 0.5) is 0 Å². The fourth-order valence-electron chi connectivity index (χ4n) is 3.26. The average Bonchev–Trinajstić information content (AvgIpc) is 3.05. The van der Waals surface area contributed by atoms with E-state index in [1.807, 2.05) is 48.7 Å². The molecule has 0 radical (unpaired) electrons. The molecule has 3 aromatic rings. The van der Waals surface area contributed by atoms with E-state index in [1.54, 1.807) is 18.2 Å². The summed E-state index contributed by atoms with van der Waals surface area (Å²) in [7, 11) is 1.23. The molecule has 0 unspecified atom stereocenters. The van der Waals surface area contributed by atoms with Gasteiger partial charge in [0, 0.05) is 22.6 Å². The number of carbonyl (C=O) groups is 3. The minimum atomic E-state index is -0.754. The second kappa shape index (κ2) is 8.56. The maximum Gasteiger partial charge on any atom is 0.339 e. The quantitative estimate of drug-likeness (QED) is 0.470. The summed E-state index contributed by atoms with van der Waals surface area (Å²) in [5.74, 6) is -1.71. The van der Waals surface area contributed by atoms with Crippen molar-refractivity contribution in [3.8, 4) is 5.69 Å². The summed E-state index contributed by atoms with van der Waals surface area (Å²) in [4.78, 5) is 36.9. The van der Waals surface area contributed by atoms with E-state index in [-0.39, 0.29) is 16.9 Å². The number of benzene rings is 2. The van der Waals surface area contributed by atoms with Crippen molar-refractivity contribution in [3.63, 3.8) is 0 Å². The van der Waals surface area contributed by atoms with Crippen molar-refractivity contribution in [2.45, 2.75) is 13.8 Å². The van der Waals surface area contributed by atoms with Gasteiger partial charge < -0.3 is 14.0 Å². The van der Waals surface area contributed by atoms with Gasteiger partial charge in [-0.25, -0.2) is 9.59 Å². The van der Waals surface area contributed by atoms with Gasteiger partial charge in [-0.15, -0.1) is 0 Å². The predicted molar refractivity (Wildman–Crippen MR) is 108 cm³/mol. The number of aromatic nitrogens is 1. The number of hydrogen-bond acceptors (Lipinski definition) is 5. The van der Waals surface area contributed by atoms with Crippen LogP contribution in [-0.2, 0) is 9.47 Å². The van der Waals surface area contributed by atoms with Crippen molar-refractivity contribution < 1.29 is 23.9 Å². The standard InChI is InChI=1S/C23H21NO5/c1-15-13-20(16(2)24(15)17-9-5-4-6-10-17)21(25)14-29-23(27)19-12-8-7-11-18(19)22(26)28-3/h4-13H,14H2,1-3H3. The number of carbonyl (C=O) groups excluding carboxylic acids is 3. The number of nitrogens with zero attached hydrogens (tertiary/aromatic N) is 1. The van der Waals surface area contributed by atoms with Gasteiger partial charge in [-0.3, -0.25) is 4.79 Å². The summed E-state index contributed by atoms with van der Waals surface area (Å²) in [6, 6.07) is 17.6. The van der Waals surface area contributed by atoms with E-state index in [9.17, 15) is 14.4 Å². The smallest absolute Gasteiger partial charge is 0.339 e. The van der Waals surface area contributed by atoms with Gasteiger partial charge in [0.15, 0.2) is 6.61 Å². The molecule has 0 aliphatic rings. The first-order chi connectivity index (χ1) is 13.9. The Morgan fingerprint density at radius 2 is 1.41 bits per heavy atom. The van der Waals surface area contributed by atoms with Gasteiger partial charge in [0.2, 0.25) is 5.78 Å². The van der Waals surface area contributed by atoms with Gasteiger partial charge in [0.1, 0.15) is 0 Å². The Kier molecular flexibility index (Phi) is 5.93. The summed E-state index contributed by atoms with van der Waals surface area (Å²) >= 11 is 0. The highest BCUT2D eigenvalue weighted by atomic mass is 16.5. The molecule has 0 saturated heterocycles. The number of esters is 2. The lowest BCUT2D eigenvalue weighted by Crippen LogP contribution is -2.17. The third-order valence-electron chi connectivity index (χ3n) is 4.63. The topological polar surface area (TPSA) is 74.6 Å². The molecule has 0 N–H and O–H groups in total. The van der Waals surface area contributed by atoms with E-state index in [0.717, 1.165) is 17.1 Å². The Morgan fingerprint density at radius 1 is 0.828 bits per heavy atom. The molecular weight excluding hydrogens is 370 g/mol. The van der Waals surface area contributed by atoms with Crippen LogP contribution in [0.3, 0.4) is 0 Å². The van der Waals surface area contributed by atoms with Crippen LogP contribution in [-0.4, -0.2) is 36.0 Å². The Labute approximate surface area is 168 Å². The number of para-hydroxylation sites is 1. The summed E-state index contributed by atoms with van der Waals surface area (Å²) in [6.45, 7) is 3.34. The van der Waals surface area contributed by atoms with Crippen LogP contribution < -0.4 is 0 Å². The van der Waals surface area contributed by atoms with E-state index in [2.05, 4.69) is 4.74 Å². The molecule has 1 heterocycles. The lowest BCUT2D eigenvalue weighted by molar-refractivity contribution is 0.0463. The molecule has 2 aromatic carbocycles.